The average molecular weight is 550 g/mol. The summed E-state index contributed by atoms with van der Waals surface area (Å²) >= 11 is 0. The topological polar surface area (TPSA) is 86.8 Å². The molecule has 2 amide bonds. The van der Waals surface area contributed by atoms with Gasteiger partial charge in [-0.2, -0.15) is 0 Å². The summed E-state index contributed by atoms with van der Waals surface area (Å²) in [5.41, 5.74) is 3.06. The summed E-state index contributed by atoms with van der Waals surface area (Å²) in [5.74, 6) is -0.460. The van der Waals surface area contributed by atoms with Crippen molar-refractivity contribution in [3.8, 4) is 0 Å². The van der Waals surface area contributed by atoms with Gasteiger partial charge in [-0.3, -0.25) is 13.9 Å². The smallest absolute Gasteiger partial charge is 0.264 e. The number of sulfonamides is 1. The van der Waals surface area contributed by atoms with Gasteiger partial charge in [-0.1, -0.05) is 74.5 Å². The maximum Gasteiger partial charge on any atom is 0.264 e. The Kier molecular flexibility index (Phi) is 10.3. The molecule has 0 spiro atoms. The lowest BCUT2D eigenvalue weighted by atomic mass is 10.1. The largest absolute Gasteiger partial charge is 0.354 e. The molecule has 0 radical (unpaired) electrons. The van der Waals surface area contributed by atoms with Gasteiger partial charge in [0.1, 0.15) is 12.6 Å². The minimum Gasteiger partial charge on any atom is -0.354 e. The standard InChI is InChI=1S/C31H39N3O4S/c1-23(2)21-32-31(36)26(5)33(19-18-27-12-8-6-9-13-27)30(35)22-34(29-20-24(3)16-17-25(29)4)39(37,38)28-14-10-7-11-15-28/h6-17,20,23,26H,18-19,21-22H2,1-5H3,(H,32,36). The Hall–Kier alpha value is -3.65. The summed E-state index contributed by atoms with van der Waals surface area (Å²) in [6.45, 7) is 9.71. The molecular weight excluding hydrogens is 510 g/mol. The second-order valence-electron chi connectivity index (χ2n) is 10.3. The van der Waals surface area contributed by atoms with Gasteiger partial charge in [-0.05, 0) is 68.0 Å². The number of nitrogens with zero attached hydrogens (tertiary/aromatic N) is 2. The molecule has 3 aromatic carbocycles. The number of benzene rings is 3. The van der Waals surface area contributed by atoms with Crippen molar-refractivity contribution in [2.45, 2.75) is 52.0 Å². The number of carbonyl (C=O) groups excluding carboxylic acids is 2. The van der Waals surface area contributed by atoms with E-state index in [2.05, 4.69) is 5.32 Å². The number of hydrogen-bond donors (Lipinski definition) is 1. The van der Waals surface area contributed by atoms with Crippen LogP contribution in [0, 0.1) is 19.8 Å². The molecule has 0 saturated carbocycles. The number of carbonyl (C=O) groups is 2. The molecule has 1 atom stereocenters. The Morgan fingerprint density at radius 1 is 0.872 bits per heavy atom. The number of amides is 2. The van der Waals surface area contributed by atoms with E-state index in [9.17, 15) is 18.0 Å². The zero-order valence-corrected chi connectivity index (χ0v) is 24.2. The molecule has 3 rings (SSSR count). The Labute approximate surface area is 232 Å². The van der Waals surface area contributed by atoms with Gasteiger partial charge in [0, 0.05) is 13.1 Å². The van der Waals surface area contributed by atoms with E-state index in [0.29, 0.717) is 18.7 Å². The highest BCUT2D eigenvalue weighted by atomic mass is 32.2. The molecule has 208 valence electrons. The third-order valence-electron chi connectivity index (χ3n) is 6.58. The number of nitrogens with one attached hydrogen (secondary N) is 1. The van der Waals surface area contributed by atoms with Crippen molar-refractivity contribution in [1.82, 2.24) is 10.2 Å². The predicted octanol–water partition coefficient (Wildman–Crippen LogP) is 4.73. The minimum absolute atomic E-state index is 0.0947. The molecule has 0 aliphatic heterocycles. The van der Waals surface area contributed by atoms with Crippen LogP contribution in [0.2, 0.25) is 0 Å². The van der Waals surface area contributed by atoms with E-state index in [1.165, 1.54) is 21.3 Å². The van der Waals surface area contributed by atoms with E-state index >= 15 is 0 Å². The monoisotopic (exact) mass is 549 g/mol. The summed E-state index contributed by atoms with van der Waals surface area (Å²) in [4.78, 5) is 28.6. The van der Waals surface area contributed by atoms with Gasteiger partial charge in [0.25, 0.3) is 10.0 Å². The fraction of sp³-hybridized carbons (Fsp3) is 0.355. The zero-order chi connectivity index (χ0) is 28.6. The van der Waals surface area contributed by atoms with Gasteiger partial charge in [-0.25, -0.2) is 8.42 Å². The number of aryl methyl sites for hydroxylation is 2. The molecular formula is C31H39N3O4S. The zero-order valence-electron chi connectivity index (χ0n) is 23.4. The van der Waals surface area contributed by atoms with Crippen molar-refractivity contribution < 1.29 is 18.0 Å². The number of hydrogen-bond acceptors (Lipinski definition) is 4. The Morgan fingerprint density at radius 2 is 1.49 bits per heavy atom. The summed E-state index contributed by atoms with van der Waals surface area (Å²) in [7, 11) is -4.07. The van der Waals surface area contributed by atoms with Crippen molar-refractivity contribution in [2.75, 3.05) is 23.9 Å². The van der Waals surface area contributed by atoms with Crippen LogP contribution >= 0.6 is 0 Å². The van der Waals surface area contributed by atoms with Gasteiger partial charge in [0.2, 0.25) is 11.8 Å². The van der Waals surface area contributed by atoms with Crippen LogP contribution in [0.4, 0.5) is 5.69 Å². The highest BCUT2D eigenvalue weighted by Gasteiger charge is 2.33. The first-order valence-electron chi connectivity index (χ1n) is 13.3. The molecule has 1 unspecified atom stereocenters. The Balaban J connectivity index is 1.99. The van der Waals surface area contributed by atoms with E-state index < -0.39 is 28.5 Å². The Morgan fingerprint density at radius 3 is 2.10 bits per heavy atom. The van der Waals surface area contributed by atoms with Gasteiger partial charge in [0.05, 0.1) is 10.6 Å². The van der Waals surface area contributed by atoms with Crippen molar-refractivity contribution in [3.63, 3.8) is 0 Å². The first-order valence-corrected chi connectivity index (χ1v) is 14.7. The molecule has 0 aliphatic carbocycles. The number of anilines is 1. The molecule has 3 aromatic rings. The summed E-state index contributed by atoms with van der Waals surface area (Å²) < 4.78 is 28.9. The first-order chi connectivity index (χ1) is 18.5. The predicted molar refractivity (Wildman–Crippen MR) is 156 cm³/mol. The van der Waals surface area contributed by atoms with Crippen LogP contribution < -0.4 is 9.62 Å². The molecule has 0 heterocycles. The van der Waals surface area contributed by atoms with Gasteiger partial charge >= 0.3 is 0 Å². The fourth-order valence-electron chi connectivity index (χ4n) is 4.24. The van der Waals surface area contributed by atoms with Gasteiger partial charge in [0.15, 0.2) is 0 Å². The van der Waals surface area contributed by atoms with E-state index in [4.69, 9.17) is 0 Å². The van der Waals surface area contributed by atoms with Crippen molar-refractivity contribution in [3.05, 3.63) is 95.6 Å². The molecule has 0 fully saturated rings. The Bertz CT molecular complexity index is 1360. The lowest BCUT2D eigenvalue weighted by Crippen LogP contribution is -2.52. The second kappa shape index (κ2) is 13.4. The SMILES string of the molecule is Cc1ccc(C)c(N(CC(=O)N(CCc2ccccc2)C(C)C(=O)NCC(C)C)S(=O)(=O)c2ccccc2)c1. The van der Waals surface area contributed by atoms with E-state index in [0.717, 1.165) is 16.7 Å². The lowest BCUT2D eigenvalue weighted by Gasteiger charge is -2.32. The van der Waals surface area contributed by atoms with Crippen LogP contribution in [0.25, 0.3) is 0 Å². The third-order valence-corrected chi connectivity index (χ3v) is 8.35. The number of rotatable bonds is 12. The van der Waals surface area contributed by atoms with E-state index in [1.54, 1.807) is 31.2 Å². The third kappa shape index (κ3) is 7.93. The lowest BCUT2D eigenvalue weighted by molar-refractivity contribution is -0.138. The molecule has 8 heteroatoms. The van der Waals surface area contributed by atoms with E-state index in [1.807, 2.05) is 70.2 Å². The summed E-state index contributed by atoms with van der Waals surface area (Å²) in [6, 6.07) is 22.6. The van der Waals surface area contributed by atoms with Crippen LogP contribution in [0.5, 0.6) is 0 Å². The van der Waals surface area contributed by atoms with E-state index in [-0.39, 0.29) is 23.3 Å². The maximum atomic E-state index is 13.9. The normalized spacial score (nSPS) is 12.2. The fourth-order valence-corrected chi connectivity index (χ4v) is 5.74. The highest BCUT2D eigenvalue weighted by molar-refractivity contribution is 7.92. The van der Waals surface area contributed by atoms with Gasteiger partial charge < -0.3 is 10.2 Å². The van der Waals surface area contributed by atoms with Crippen LogP contribution in [0.1, 0.15) is 37.5 Å². The summed E-state index contributed by atoms with van der Waals surface area (Å²) in [5, 5.41) is 2.91. The summed E-state index contributed by atoms with van der Waals surface area (Å²) in [6.07, 6.45) is 0.531. The van der Waals surface area contributed by atoms with Crippen LogP contribution in [0.15, 0.2) is 83.8 Å². The molecule has 0 saturated heterocycles. The first kappa shape index (κ1) is 29.9. The molecule has 7 nitrogen and oxygen atoms in total. The van der Waals surface area contributed by atoms with Crippen LogP contribution in [0.3, 0.4) is 0 Å². The van der Waals surface area contributed by atoms with Crippen LogP contribution in [-0.4, -0.2) is 50.8 Å². The molecule has 1 N–H and O–H groups in total. The highest BCUT2D eigenvalue weighted by Crippen LogP contribution is 2.28. The second-order valence-corrected chi connectivity index (χ2v) is 12.1. The minimum atomic E-state index is -4.07. The molecule has 0 aromatic heterocycles. The molecule has 39 heavy (non-hydrogen) atoms. The van der Waals surface area contributed by atoms with Gasteiger partial charge in [-0.15, -0.1) is 0 Å². The molecule has 0 aliphatic rings. The quantitative estimate of drug-likeness (QED) is 0.354. The average Bonchev–Trinajstić information content (AvgIpc) is 2.92. The van der Waals surface area contributed by atoms with Crippen molar-refractivity contribution in [2.24, 2.45) is 5.92 Å². The van der Waals surface area contributed by atoms with Crippen molar-refractivity contribution in [1.29, 1.82) is 0 Å². The maximum absolute atomic E-state index is 13.9. The van der Waals surface area contributed by atoms with Crippen molar-refractivity contribution >= 4 is 27.5 Å². The van der Waals surface area contributed by atoms with Crippen LogP contribution in [-0.2, 0) is 26.0 Å². The molecule has 0 bridgehead atoms.